The number of nitrogens with one attached hydrogen (secondary N) is 1. The Balaban J connectivity index is 1.70. The van der Waals surface area contributed by atoms with Crippen LogP contribution in [0.2, 0.25) is 0 Å². The first-order chi connectivity index (χ1) is 11.6. The van der Waals surface area contributed by atoms with Gasteiger partial charge in [-0.15, -0.1) is 0 Å². The van der Waals surface area contributed by atoms with Gasteiger partial charge in [0.25, 0.3) is 5.91 Å². The predicted octanol–water partition coefficient (Wildman–Crippen LogP) is 2.50. The minimum Gasteiger partial charge on any atom is -0.497 e. The van der Waals surface area contributed by atoms with Crippen molar-refractivity contribution in [1.29, 1.82) is 0 Å². The van der Waals surface area contributed by atoms with E-state index in [4.69, 9.17) is 4.74 Å². The summed E-state index contributed by atoms with van der Waals surface area (Å²) in [5, 5.41) is 2.62. The number of rotatable bonds is 5. The fraction of sp³-hybridized carbons (Fsp3) is 0.222. The molecule has 0 aromatic heterocycles. The standard InChI is InChI=1S/C18H17FN2O3/c1-24-14-8-6-12(7-9-14)11-21-17(22)16(20-18(21)23)10-13-4-2-3-5-15(13)19/h2-9,16H,10-11H2,1H3,(H,20,23). The molecule has 124 valence electrons. The highest BCUT2D eigenvalue weighted by Gasteiger charge is 2.38. The van der Waals surface area contributed by atoms with Crippen molar-refractivity contribution in [2.75, 3.05) is 7.11 Å². The Bertz CT molecular complexity index is 761. The smallest absolute Gasteiger partial charge is 0.325 e. The summed E-state index contributed by atoms with van der Waals surface area (Å²) in [5.41, 5.74) is 1.22. The van der Waals surface area contributed by atoms with E-state index in [1.54, 1.807) is 49.6 Å². The Kier molecular flexibility index (Phi) is 4.46. The highest BCUT2D eigenvalue weighted by Crippen LogP contribution is 2.18. The molecule has 1 atom stereocenters. The van der Waals surface area contributed by atoms with E-state index in [1.807, 2.05) is 0 Å². The molecule has 3 amide bonds. The van der Waals surface area contributed by atoms with Gasteiger partial charge in [0.05, 0.1) is 13.7 Å². The second-order valence-electron chi connectivity index (χ2n) is 5.57. The SMILES string of the molecule is COc1ccc(CN2C(=O)NC(Cc3ccccc3F)C2=O)cc1. The summed E-state index contributed by atoms with van der Waals surface area (Å²) in [7, 11) is 1.57. The van der Waals surface area contributed by atoms with Gasteiger partial charge in [-0.1, -0.05) is 30.3 Å². The molecule has 0 spiro atoms. The van der Waals surface area contributed by atoms with Gasteiger partial charge in [-0.25, -0.2) is 9.18 Å². The summed E-state index contributed by atoms with van der Waals surface area (Å²) in [6.45, 7) is 0.169. The van der Waals surface area contributed by atoms with Gasteiger partial charge in [0.15, 0.2) is 0 Å². The fourth-order valence-electron chi connectivity index (χ4n) is 2.66. The van der Waals surface area contributed by atoms with E-state index in [0.29, 0.717) is 11.3 Å². The van der Waals surface area contributed by atoms with Crippen LogP contribution in [0.5, 0.6) is 5.75 Å². The number of carbonyl (C=O) groups is 2. The summed E-state index contributed by atoms with van der Waals surface area (Å²) in [4.78, 5) is 25.7. The predicted molar refractivity (Wildman–Crippen MR) is 86.0 cm³/mol. The van der Waals surface area contributed by atoms with E-state index >= 15 is 0 Å². The molecule has 5 nitrogen and oxygen atoms in total. The molecule has 24 heavy (non-hydrogen) atoms. The van der Waals surface area contributed by atoms with Crippen molar-refractivity contribution < 1.29 is 18.7 Å². The first-order valence-electron chi connectivity index (χ1n) is 7.56. The Hall–Kier alpha value is -2.89. The number of hydrogen-bond donors (Lipinski definition) is 1. The van der Waals surface area contributed by atoms with E-state index in [0.717, 1.165) is 10.5 Å². The third-order valence-corrected chi connectivity index (χ3v) is 3.99. The average Bonchev–Trinajstić information content (AvgIpc) is 2.85. The molecule has 1 aliphatic rings. The third kappa shape index (κ3) is 3.22. The average molecular weight is 328 g/mol. The number of amides is 3. The van der Waals surface area contributed by atoms with Crippen LogP contribution in [0, 0.1) is 5.82 Å². The number of urea groups is 1. The monoisotopic (exact) mass is 328 g/mol. The van der Waals surface area contributed by atoms with E-state index in [9.17, 15) is 14.0 Å². The molecule has 1 heterocycles. The Morgan fingerprint density at radius 1 is 1.12 bits per heavy atom. The van der Waals surface area contributed by atoms with Gasteiger partial charge in [-0.2, -0.15) is 0 Å². The first-order valence-corrected chi connectivity index (χ1v) is 7.56. The largest absolute Gasteiger partial charge is 0.497 e. The third-order valence-electron chi connectivity index (χ3n) is 3.99. The van der Waals surface area contributed by atoms with E-state index < -0.39 is 12.1 Å². The quantitative estimate of drug-likeness (QED) is 0.858. The molecule has 2 aromatic rings. The summed E-state index contributed by atoms with van der Waals surface area (Å²) < 4.78 is 18.8. The maximum Gasteiger partial charge on any atom is 0.325 e. The molecule has 6 heteroatoms. The number of halogens is 1. The number of imide groups is 1. The minimum absolute atomic E-state index is 0.135. The van der Waals surface area contributed by atoms with Gasteiger partial charge in [0.1, 0.15) is 17.6 Å². The molecule has 0 radical (unpaired) electrons. The molecule has 0 bridgehead atoms. The Morgan fingerprint density at radius 2 is 1.83 bits per heavy atom. The van der Waals surface area contributed by atoms with Crippen LogP contribution >= 0.6 is 0 Å². The number of hydrogen-bond acceptors (Lipinski definition) is 3. The van der Waals surface area contributed by atoms with Gasteiger partial charge in [0.2, 0.25) is 0 Å². The van der Waals surface area contributed by atoms with Crippen LogP contribution < -0.4 is 10.1 Å². The second kappa shape index (κ2) is 6.70. The van der Waals surface area contributed by atoms with Crippen LogP contribution in [0.25, 0.3) is 0 Å². The van der Waals surface area contributed by atoms with Gasteiger partial charge >= 0.3 is 6.03 Å². The normalized spacial score (nSPS) is 17.1. The lowest BCUT2D eigenvalue weighted by Gasteiger charge is -2.13. The van der Waals surface area contributed by atoms with E-state index in [2.05, 4.69) is 5.32 Å². The summed E-state index contributed by atoms with van der Waals surface area (Å²) in [5.74, 6) is -0.0272. The molecule has 1 N–H and O–H groups in total. The molecule has 1 aliphatic heterocycles. The molecule has 0 aliphatic carbocycles. The van der Waals surface area contributed by atoms with Crippen molar-refractivity contribution in [2.24, 2.45) is 0 Å². The van der Waals surface area contributed by atoms with Crippen LogP contribution in [0.4, 0.5) is 9.18 Å². The van der Waals surface area contributed by atoms with Crippen LogP contribution in [0.1, 0.15) is 11.1 Å². The van der Waals surface area contributed by atoms with Crippen molar-refractivity contribution in [3.8, 4) is 5.75 Å². The van der Waals surface area contributed by atoms with Gasteiger partial charge in [-0.3, -0.25) is 9.69 Å². The van der Waals surface area contributed by atoms with Crippen molar-refractivity contribution in [3.05, 3.63) is 65.5 Å². The molecular formula is C18H17FN2O3. The van der Waals surface area contributed by atoms with Crippen LogP contribution in [-0.2, 0) is 17.8 Å². The fourth-order valence-corrected chi connectivity index (χ4v) is 2.66. The highest BCUT2D eigenvalue weighted by molar-refractivity contribution is 6.04. The Labute approximate surface area is 139 Å². The molecule has 1 saturated heterocycles. The van der Waals surface area contributed by atoms with Crippen molar-refractivity contribution in [2.45, 2.75) is 19.0 Å². The summed E-state index contributed by atoms with van der Waals surface area (Å²) in [6, 6.07) is 12.2. The van der Waals surface area contributed by atoms with Crippen LogP contribution in [0.3, 0.4) is 0 Å². The first kappa shape index (κ1) is 16.0. The van der Waals surface area contributed by atoms with Gasteiger partial charge in [0, 0.05) is 6.42 Å². The molecule has 2 aromatic carbocycles. The molecular weight excluding hydrogens is 311 g/mol. The number of nitrogens with zero attached hydrogens (tertiary/aromatic N) is 1. The number of methoxy groups -OCH3 is 1. The lowest BCUT2D eigenvalue weighted by Crippen LogP contribution is -2.32. The summed E-state index contributed by atoms with van der Waals surface area (Å²) in [6.07, 6.45) is 0.135. The topological polar surface area (TPSA) is 58.6 Å². The van der Waals surface area contributed by atoms with Crippen molar-refractivity contribution in [3.63, 3.8) is 0 Å². The van der Waals surface area contributed by atoms with E-state index in [1.165, 1.54) is 6.07 Å². The zero-order valence-corrected chi connectivity index (χ0v) is 13.2. The van der Waals surface area contributed by atoms with Crippen molar-refractivity contribution >= 4 is 11.9 Å². The molecule has 1 unspecified atom stereocenters. The van der Waals surface area contributed by atoms with Crippen LogP contribution in [-0.4, -0.2) is 30.0 Å². The van der Waals surface area contributed by atoms with Crippen molar-refractivity contribution in [1.82, 2.24) is 10.2 Å². The Morgan fingerprint density at radius 3 is 2.50 bits per heavy atom. The second-order valence-corrected chi connectivity index (χ2v) is 5.57. The number of carbonyl (C=O) groups excluding carboxylic acids is 2. The highest BCUT2D eigenvalue weighted by atomic mass is 19.1. The summed E-state index contributed by atoms with van der Waals surface area (Å²) >= 11 is 0. The molecule has 0 saturated carbocycles. The molecule has 1 fully saturated rings. The maximum absolute atomic E-state index is 13.7. The minimum atomic E-state index is -0.743. The van der Waals surface area contributed by atoms with E-state index in [-0.39, 0.29) is 24.7 Å². The number of benzene rings is 2. The van der Waals surface area contributed by atoms with Crippen LogP contribution in [0.15, 0.2) is 48.5 Å². The van der Waals surface area contributed by atoms with Gasteiger partial charge in [-0.05, 0) is 29.3 Å². The lowest BCUT2D eigenvalue weighted by molar-refractivity contribution is -0.127. The maximum atomic E-state index is 13.7. The lowest BCUT2D eigenvalue weighted by atomic mass is 10.1. The zero-order chi connectivity index (χ0) is 17.1. The number of ether oxygens (including phenoxy) is 1. The molecule has 3 rings (SSSR count). The van der Waals surface area contributed by atoms with Gasteiger partial charge < -0.3 is 10.1 Å². The zero-order valence-electron chi connectivity index (χ0n) is 13.2.